The third kappa shape index (κ3) is 3.00. The lowest BCUT2D eigenvalue weighted by Crippen LogP contribution is -2.00. The average Bonchev–Trinajstić information content (AvgIpc) is 3.40. The zero-order valence-electron chi connectivity index (χ0n) is 16.5. The summed E-state index contributed by atoms with van der Waals surface area (Å²) in [5.41, 5.74) is 7.89. The Kier molecular flexibility index (Phi) is 4.01. The van der Waals surface area contributed by atoms with E-state index in [1.165, 1.54) is 0 Å². The van der Waals surface area contributed by atoms with E-state index in [9.17, 15) is 0 Å². The second kappa shape index (κ2) is 6.70. The van der Waals surface area contributed by atoms with Crippen molar-refractivity contribution in [3.63, 3.8) is 0 Å². The molecule has 0 radical (unpaired) electrons. The lowest BCUT2D eigenvalue weighted by atomic mass is 10.1. The van der Waals surface area contributed by atoms with Gasteiger partial charge in [0.2, 0.25) is 0 Å². The third-order valence-electron chi connectivity index (χ3n) is 5.11. The summed E-state index contributed by atoms with van der Waals surface area (Å²) in [6.45, 7) is 4.53. The maximum Gasteiger partial charge on any atom is 0.141 e. The first-order chi connectivity index (χ1) is 14.1. The van der Waals surface area contributed by atoms with Gasteiger partial charge >= 0.3 is 0 Å². The first-order valence-corrected chi connectivity index (χ1v) is 9.41. The van der Waals surface area contributed by atoms with Gasteiger partial charge in [-0.1, -0.05) is 11.2 Å². The highest BCUT2D eigenvalue weighted by molar-refractivity contribution is 5.94. The summed E-state index contributed by atoms with van der Waals surface area (Å²) in [5, 5.41) is 8.41. The molecule has 0 amide bonds. The second-order valence-corrected chi connectivity index (χ2v) is 7.19. The minimum Gasteiger partial charge on any atom is -0.361 e. The van der Waals surface area contributed by atoms with Crippen LogP contribution >= 0.6 is 0 Å². The predicted octanol–water partition coefficient (Wildman–Crippen LogP) is 4.15. The molecule has 7 nitrogen and oxygen atoms in total. The predicted molar refractivity (Wildman–Crippen MR) is 110 cm³/mol. The lowest BCUT2D eigenvalue weighted by Gasteiger charge is -2.06. The standard InChI is InChI=1S/C22H20N6O/c1-14-21(15(2)29-26-14)16-8-20-22(24-9-16)19(17-10-25-27(3)11-17)13-28(20)12-18-6-4-5-7-23-18/h4-11,13H,12H2,1-3H3. The van der Waals surface area contributed by atoms with Gasteiger partial charge in [0.25, 0.3) is 0 Å². The lowest BCUT2D eigenvalue weighted by molar-refractivity contribution is 0.393. The van der Waals surface area contributed by atoms with E-state index in [1.54, 1.807) is 4.68 Å². The monoisotopic (exact) mass is 384 g/mol. The van der Waals surface area contributed by atoms with E-state index in [0.29, 0.717) is 6.54 Å². The molecule has 5 heterocycles. The Bertz CT molecular complexity index is 1290. The van der Waals surface area contributed by atoms with Crippen molar-refractivity contribution in [2.45, 2.75) is 20.4 Å². The highest BCUT2D eigenvalue weighted by Crippen LogP contribution is 2.34. The summed E-state index contributed by atoms with van der Waals surface area (Å²) in [6, 6.07) is 8.11. The molecule has 0 N–H and O–H groups in total. The van der Waals surface area contributed by atoms with Crippen molar-refractivity contribution in [2.24, 2.45) is 7.05 Å². The van der Waals surface area contributed by atoms with Gasteiger partial charge in [-0.2, -0.15) is 5.10 Å². The van der Waals surface area contributed by atoms with Gasteiger partial charge in [-0.3, -0.25) is 14.6 Å². The van der Waals surface area contributed by atoms with Gasteiger partial charge in [0.05, 0.1) is 35.2 Å². The van der Waals surface area contributed by atoms with E-state index in [0.717, 1.165) is 50.4 Å². The van der Waals surface area contributed by atoms with Gasteiger partial charge < -0.3 is 9.09 Å². The van der Waals surface area contributed by atoms with Crippen molar-refractivity contribution in [1.82, 2.24) is 29.5 Å². The molecule has 0 atom stereocenters. The SMILES string of the molecule is Cc1noc(C)c1-c1cnc2c(-c3cnn(C)c3)cn(Cc3ccccn3)c2c1. The number of nitrogens with zero attached hydrogens (tertiary/aromatic N) is 6. The smallest absolute Gasteiger partial charge is 0.141 e. The van der Waals surface area contributed by atoms with Crippen LogP contribution in [0.25, 0.3) is 33.3 Å². The van der Waals surface area contributed by atoms with Crippen LogP contribution < -0.4 is 0 Å². The van der Waals surface area contributed by atoms with E-state index < -0.39 is 0 Å². The molecule has 0 saturated heterocycles. The number of aromatic nitrogens is 6. The van der Waals surface area contributed by atoms with Crippen LogP contribution in [-0.4, -0.2) is 29.5 Å². The zero-order chi connectivity index (χ0) is 20.0. The van der Waals surface area contributed by atoms with Gasteiger partial charge in [0, 0.05) is 54.1 Å². The van der Waals surface area contributed by atoms with Crippen LogP contribution in [0.3, 0.4) is 0 Å². The molecule has 0 aliphatic carbocycles. The quantitative estimate of drug-likeness (QED) is 0.465. The fourth-order valence-corrected chi connectivity index (χ4v) is 3.77. The molecule has 5 aromatic heterocycles. The summed E-state index contributed by atoms with van der Waals surface area (Å²) >= 11 is 0. The van der Waals surface area contributed by atoms with E-state index in [2.05, 4.69) is 32.1 Å². The number of pyridine rings is 2. The molecule has 5 aromatic rings. The Morgan fingerprint density at radius 2 is 1.93 bits per heavy atom. The first kappa shape index (κ1) is 17.4. The average molecular weight is 384 g/mol. The van der Waals surface area contributed by atoms with Crippen molar-refractivity contribution < 1.29 is 4.52 Å². The van der Waals surface area contributed by atoms with Crippen molar-refractivity contribution in [1.29, 1.82) is 0 Å². The van der Waals surface area contributed by atoms with Crippen LogP contribution in [0.2, 0.25) is 0 Å². The van der Waals surface area contributed by atoms with Crippen molar-refractivity contribution in [3.05, 3.63) is 72.4 Å². The summed E-state index contributed by atoms with van der Waals surface area (Å²) in [6.07, 6.45) is 9.70. The summed E-state index contributed by atoms with van der Waals surface area (Å²) < 4.78 is 9.35. The molecule has 5 rings (SSSR count). The molecule has 0 aliphatic rings. The van der Waals surface area contributed by atoms with Gasteiger partial charge in [0.1, 0.15) is 5.76 Å². The molecule has 0 aliphatic heterocycles. The minimum atomic E-state index is 0.657. The molecule has 0 saturated carbocycles. The molecule has 7 heteroatoms. The van der Waals surface area contributed by atoms with Crippen LogP contribution in [0.1, 0.15) is 17.1 Å². The first-order valence-electron chi connectivity index (χ1n) is 9.41. The molecule has 144 valence electrons. The van der Waals surface area contributed by atoms with Gasteiger partial charge in [-0.15, -0.1) is 0 Å². The Morgan fingerprint density at radius 3 is 2.62 bits per heavy atom. The summed E-state index contributed by atoms with van der Waals surface area (Å²) in [4.78, 5) is 9.30. The highest BCUT2D eigenvalue weighted by atomic mass is 16.5. The van der Waals surface area contributed by atoms with Crippen molar-refractivity contribution in [2.75, 3.05) is 0 Å². The summed E-state index contributed by atoms with van der Waals surface area (Å²) in [7, 11) is 1.92. The fourth-order valence-electron chi connectivity index (χ4n) is 3.77. The second-order valence-electron chi connectivity index (χ2n) is 7.19. The van der Waals surface area contributed by atoms with Crippen LogP contribution in [0.4, 0.5) is 0 Å². The van der Waals surface area contributed by atoms with E-state index in [-0.39, 0.29) is 0 Å². The maximum absolute atomic E-state index is 5.36. The molecule has 0 unspecified atom stereocenters. The van der Waals surface area contributed by atoms with Gasteiger partial charge in [0.15, 0.2) is 0 Å². The normalized spacial score (nSPS) is 11.4. The number of fused-ring (bicyclic) bond motifs is 1. The Morgan fingerprint density at radius 1 is 1.03 bits per heavy atom. The number of rotatable bonds is 4. The largest absolute Gasteiger partial charge is 0.361 e. The highest BCUT2D eigenvalue weighted by Gasteiger charge is 2.17. The van der Waals surface area contributed by atoms with Gasteiger partial charge in [-0.25, -0.2) is 0 Å². The fraction of sp³-hybridized carbons (Fsp3) is 0.182. The Balaban J connectivity index is 1.71. The van der Waals surface area contributed by atoms with E-state index in [1.807, 2.05) is 63.9 Å². The number of hydrogen-bond acceptors (Lipinski definition) is 5. The van der Waals surface area contributed by atoms with E-state index >= 15 is 0 Å². The molecule has 0 aromatic carbocycles. The Hall–Kier alpha value is -3.74. The zero-order valence-corrected chi connectivity index (χ0v) is 16.5. The maximum atomic E-state index is 5.36. The molecule has 0 spiro atoms. The van der Waals surface area contributed by atoms with Crippen molar-refractivity contribution >= 4 is 11.0 Å². The topological polar surface area (TPSA) is 74.6 Å². The molecule has 0 bridgehead atoms. The molecular weight excluding hydrogens is 364 g/mol. The molecule has 0 fully saturated rings. The Labute approximate surface area is 167 Å². The van der Waals surface area contributed by atoms with Crippen molar-refractivity contribution in [3.8, 4) is 22.3 Å². The van der Waals surface area contributed by atoms with Crippen LogP contribution in [0.5, 0.6) is 0 Å². The third-order valence-corrected chi connectivity index (χ3v) is 5.11. The van der Waals surface area contributed by atoms with E-state index in [4.69, 9.17) is 9.51 Å². The molecule has 29 heavy (non-hydrogen) atoms. The number of aryl methyl sites for hydroxylation is 3. The number of hydrogen-bond donors (Lipinski definition) is 0. The van der Waals surface area contributed by atoms with Gasteiger partial charge in [-0.05, 0) is 32.0 Å². The summed E-state index contributed by atoms with van der Waals surface area (Å²) in [5.74, 6) is 0.791. The van der Waals surface area contributed by atoms with Crippen LogP contribution in [-0.2, 0) is 13.6 Å². The molecular formula is C22H20N6O. The minimum absolute atomic E-state index is 0.657. The van der Waals surface area contributed by atoms with Crippen LogP contribution in [0.15, 0.2) is 59.8 Å². The van der Waals surface area contributed by atoms with Crippen LogP contribution in [0, 0.1) is 13.8 Å².